The summed E-state index contributed by atoms with van der Waals surface area (Å²) < 4.78 is 5.47. The van der Waals surface area contributed by atoms with Gasteiger partial charge < -0.3 is 4.42 Å². The molecule has 0 aromatic carbocycles. The molecule has 1 aromatic heterocycles. The highest BCUT2D eigenvalue weighted by atomic mass is 16.3. The molecule has 1 aliphatic rings. The van der Waals surface area contributed by atoms with Crippen molar-refractivity contribution in [2.45, 2.75) is 39.0 Å². The molecule has 0 fully saturated rings. The van der Waals surface area contributed by atoms with E-state index in [1.165, 1.54) is 42.6 Å². The highest BCUT2D eigenvalue weighted by Gasteiger charge is 2.12. The summed E-state index contributed by atoms with van der Waals surface area (Å²) in [5.74, 6) is 1.25. The molecule has 1 heterocycles. The van der Waals surface area contributed by atoms with Gasteiger partial charge in [-0.05, 0) is 37.3 Å². The molecule has 0 atom stereocenters. The van der Waals surface area contributed by atoms with E-state index in [2.05, 4.69) is 6.92 Å². The van der Waals surface area contributed by atoms with Crippen molar-refractivity contribution in [2.24, 2.45) is 0 Å². The largest absolute Gasteiger partial charge is 0.469 e. The quantitative estimate of drug-likeness (QED) is 0.518. The Kier molecular flexibility index (Phi) is 1.72. The molecule has 11 heavy (non-hydrogen) atoms. The van der Waals surface area contributed by atoms with Gasteiger partial charge in [-0.3, -0.25) is 0 Å². The molecular weight excluding hydrogens is 136 g/mol. The average Bonchev–Trinajstić information content (AvgIpc) is 2.25. The molecule has 2 rings (SSSR count). The van der Waals surface area contributed by atoms with E-state index in [1.807, 2.05) is 6.26 Å². The number of furan rings is 1. The van der Waals surface area contributed by atoms with Gasteiger partial charge in [0.1, 0.15) is 5.76 Å². The van der Waals surface area contributed by atoms with Crippen LogP contribution in [0.1, 0.15) is 36.1 Å². The second kappa shape index (κ2) is 2.72. The van der Waals surface area contributed by atoms with Crippen molar-refractivity contribution in [2.75, 3.05) is 0 Å². The zero-order valence-corrected chi connectivity index (χ0v) is 7.02. The molecule has 0 amide bonds. The molecule has 1 aliphatic carbocycles. The van der Waals surface area contributed by atoms with Gasteiger partial charge in [-0.2, -0.15) is 0 Å². The van der Waals surface area contributed by atoms with Crippen molar-refractivity contribution in [1.29, 1.82) is 0 Å². The molecule has 1 heteroatoms. The topological polar surface area (TPSA) is 13.1 Å². The van der Waals surface area contributed by atoms with Gasteiger partial charge in [0.2, 0.25) is 0 Å². The molecule has 60 valence electrons. The summed E-state index contributed by atoms with van der Waals surface area (Å²) in [6, 6.07) is 0. The van der Waals surface area contributed by atoms with E-state index in [4.69, 9.17) is 4.42 Å². The minimum Gasteiger partial charge on any atom is -0.469 e. The van der Waals surface area contributed by atoms with E-state index in [1.54, 1.807) is 0 Å². The van der Waals surface area contributed by atoms with Crippen LogP contribution in [0.15, 0.2) is 10.7 Å². The maximum absolute atomic E-state index is 5.47. The van der Waals surface area contributed by atoms with Crippen molar-refractivity contribution in [1.82, 2.24) is 0 Å². The Bertz CT molecular complexity index is 247. The van der Waals surface area contributed by atoms with Crippen LogP contribution >= 0.6 is 0 Å². The van der Waals surface area contributed by atoms with E-state index >= 15 is 0 Å². The number of fused-ring (bicyclic) bond motifs is 1. The summed E-state index contributed by atoms with van der Waals surface area (Å²) >= 11 is 0. The van der Waals surface area contributed by atoms with Crippen molar-refractivity contribution >= 4 is 0 Å². The molecule has 0 aliphatic heterocycles. The number of aryl methyl sites for hydroxylation is 2. The fourth-order valence-electron chi connectivity index (χ4n) is 1.83. The lowest BCUT2D eigenvalue weighted by molar-refractivity contribution is 0.500. The molecular formula is C10H14O. The number of hydrogen-bond acceptors (Lipinski definition) is 1. The minimum atomic E-state index is 1.16. The standard InChI is InChI=1S/C10H14O/c1-8-7-11-10-6-4-2-3-5-9(8)10/h7H,2-6H2,1H3. The molecule has 0 bridgehead atoms. The summed E-state index contributed by atoms with van der Waals surface area (Å²) in [7, 11) is 0. The Morgan fingerprint density at radius 2 is 2.00 bits per heavy atom. The molecule has 0 radical (unpaired) electrons. The maximum atomic E-state index is 5.47. The third kappa shape index (κ3) is 1.20. The summed E-state index contributed by atoms with van der Waals surface area (Å²) in [5.41, 5.74) is 2.84. The number of rotatable bonds is 0. The van der Waals surface area contributed by atoms with Crippen LogP contribution in [-0.2, 0) is 12.8 Å². The lowest BCUT2D eigenvalue weighted by atomic mass is 10.1. The van der Waals surface area contributed by atoms with Gasteiger partial charge in [-0.25, -0.2) is 0 Å². The van der Waals surface area contributed by atoms with Crippen LogP contribution in [0, 0.1) is 6.92 Å². The van der Waals surface area contributed by atoms with Crippen LogP contribution in [0.3, 0.4) is 0 Å². The molecule has 0 spiro atoms. The van der Waals surface area contributed by atoms with Crippen molar-refractivity contribution < 1.29 is 4.42 Å². The van der Waals surface area contributed by atoms with Gasteiger partial charge in [-0.15, -0.1) is 0 Å². The van der Waals surface area contributed by atoms with E-state index in [0.717, 1.165) is 6.42 Å². The van der Waals surface area contributed by atoms with Crippen LogP contribution in [0.5, 0.6) is 0 Å². The Balaban J connectivity index is 2.35. The zero-order chi connectivity index (χ0) is 7.68. The first kappa shape index (κ1) is 6.96. The Morgan fingerprint density at radius 1 is 1.18 bits per heavy atom. The first-order valence-electron chi connectivity index (χ1n) is 4.44. The lowest BCUT2D eigenvalue weighted by Gasteiger charge is -1.95. The monoisotopic (exact) mass is 150 g/mol. The molecule has 1 aromatic rings. The van der Waals surface area contributed by atoms with Crippen LogP contribution < -0.4 is 0 Å². The van der Waals surface area contributed by atoms with Gasteiger partial charge in [0, 0.05) is 6.42 Å². The smallest absolute Gasteiger partial charge is 0.107 e. The number of hydrogen-bond donors (Lipinski definition) is 0. The maximum Gasteiger partial charge on any atom is 0.107 e. The Hall–Kier alpha value is -0.720. The van der Waals surface area contributed by atoms with Crippen molar-refractivity contribution in [3.05, 3.63) is 23.2 Å². The Morgan fingerprint density at radius 3 is 2.91 bits per heavy atom. The van der Waals surface area contributed by atoms with E-state index in [0.29, 0.717) is 0 Å². The molecule has 1 nitrogen and oxygen atoms in total. The van der Waals surface area contributed by atoms with Crippen LogP contribution in [0.2, 0.25) is 0 Å². The van der Waals surface area contributed by atoms with Crippen LogP contribution in [0.25, 0.3) is 0 Å². The van der Waals surface area contributed by atoms with Gasteiger partial charge >= 0.3 is 0 Å². The molecule has 0 unspecified atom stereocenters. The van der Waals surface area contributed by atoms with E-state index < -0.39 is 0 Å². The first-order chi connectivity index (χ1) is 5.38. The van der Waals surface area contributed by atoms with Gasteiger partial charge in [-0.1, -0.05) is 6.42 Å². The minimum absolute atomic E-state index is 1.16. The van der Waals surface area contributed by atoms with Crippen LogP contribution in [0.4, 0.5) is 0 Å². The molecule has 0 saturated heterocycles. The third-order valence-electron chi connectivity index (χ3n) is 2.52. The second-order valence-electron chi connectivity index (χ2n) is 3.38. The van der Waals surface area contributed by atoms with E-state index in [-0.39, 0.29) is 0 Å². The fraction of sp³-hybridized carbons (Fsp3) is 0.600. The highest BCUT2D eigenvalue weighted by molar-refractivity contribution is 5.27. The highest BCUT2D eigenvalue weighted by Crippen LogP contribution is 2.24. The molecule has 0 saturated carbocycles. The van der Waals surface area contributed by atoms with Gasteiger partial charge in [0.25, 0.3) is 0 Å². The first-order valence-corrected chi connectivity index (χ1v) is 4.44. The van der Waals surface area contributed by atoms with E-state index in [9.17, 15) is 0 Å². The van der Waals surface area contributed by atoms with Crippen molar-refractivity contribution in [3.63, 3.8) is 0 Å². The SMILES string of the molecule is Cc1coc2c1CCCCC2. The lowest BCUT2D eigenvalue weighted by Crippen LogP contribution is -1.85. The summed E-state index contributed by atoms with van der Waals surface area (Å²) in [6.45, 7) is 2.15. The zero-order valence-electron chi connectivity index (χ0n) is 7.02. The second-order valence-corrected chi connectivity index (χ2v) is 3.38. The van der Waals surface area contributed by atoms with Gasteiger partial charge in [0.15, 0.2) is 0 Å². The summed E-state index contributed by atoms with van der Waals surface area (Å²) in [6.07, 6.45) is 8.30. The van der Waals surface area contributed by atoms with Crippen LogP contribution in [-0.4, -0.2) is 0 Å². The average molecular weight is 150 g/mol. The summed E-state index contributed by atoms with van der Waals surface area (Å²) in [4.78, 5) is 0. The molecule has 0 N–H and O–H groups in total. The Labute approximate surface area is 67.4 Å². The third-order valence-corrected chi connectivity index (χ3v) is 2.52. The predicted octanol–water partition coefficient (Wildman–Crippen LogP) is 2.86. The fourth-order valence-corrected chi connectivity index (χ4v) is 1.83. The predicted molar refractivity (Wildman–Crippen MR) is 44.7 cm³/mol. The summed E-state index contributed by atoms with van der Waals surface area (Å²) in [5, 5.41) is 0. The normalized spacial score (nSPS) is 17.5. The van der Waals surface area contributed by atoms with Gasteiger partial charge in [0.05, 0.1) is 6.26 Å². The van der Waals surface area contributed by atoms with Crippen molar-refractivity contribution in [3.8, 4) is 0 Å².